The van der Waals surface area contributed by atoms with E-state index < -0.39 is 22.3 Å². The van der Waals surface area contributed by atoms with Gasteiger partial charge in [-0.25, -0.2) is 22.8 Å². The zero-order chi connectivity index (χ0) is 23.3. The van der Waals surface area contributed by atoms with Crippen LogP contribution in [0.15, 0.2) is 59.8 Å². The van der Waals surface area contributed by atoms with Crippen LogP contribution >= 0.6 is 0 Å². The van der Waals surface area contributed by atoms with Crippen molar-refractivity contribution < 1.29 is 26.3 Å². The van der Waals surface area contributed by atoms with Gasteiger partial charge in [0, 0.05) is 36.1 Å². The number of hydrogen-bond acceptors (Lipinski definition) is 5. The van der Waals surface area contributed by atoms with E-state index in [0.717, 1.165) is 6.26 Å². The summed E-state index contributed by atoms with van der Waals surface area (Å²) < 4.78 is 71.3. The molecule has 10 heteroatoms. The fourth-order valence-corrected chi connectivity index (χ4v) is 4.93. The van der Waals surface area contributed by atoms with E-state index in [1.165, 1.54) is 30.5 Å². The number of aryl methyl sites for hydroxylation is 1. The van der Waals surface area contributed by atoms with Gasteiger partial charge in [0.1, 0.15) is 17.4 Å². The molecule has 0 saturated heterocycles. The molecule has 1 aliphatic heterocycles. The highest BCUT2D eigenvalue weighted by atomic mass is 32.2. The summed E-state index contributed by atoms with van der Waals surface area (Å²) in [6.07, 6.45) is 3.57. The molecule has 0 bridgehead atoms. The van der Waals surface area contributed by atoms with Crippen LogP contribution in [0.3, 0.4) is 0 Å². The third kappa shape index (κ3) is 3.84. The molecule has 6 nitrogen and oxygen atoms in total. The fourth-order valence-electron chi connectivity index (χ4n) is 4.34. The summed E-state index contributed by atoms with van der Waals surface area (Å²) in [5.41, 5.74) is 2.19. The third-order valence-electron chi connectivity index (χ3n) is 5.72. The molecule has 1 aliphatic rings. The molecular formula is C23H18F3N3O3S. The highest BCUT2D eigenvalue weighted by molar-refractivity contribution is 7.90. The first kappa shape index (κ1) is 21.4. The maximum atomic E-state index is 15.0. The number of ether oxygens (including phenoxy) is 1. The molecule has 0 radical (unpaired) electrons. The van der Waals surface area contributed by atoms with Gasteiger partial charge in [0.15, 0.2) is 14.9 Å². The molecule has 1 atom stereocenters. The summed E-state index contributed by atoms with van der Waals surface area (Å²) in [6.45, 7) is -2.96. The molecule has 3 heterocycles. The van der Waals surface area contributed by atoms with Crippen molar-refractivity contribution in [3.8, 4) is 16.9 Å². The molecule has 0 saturated carbocycles. The Bertz CT molecular complexity index is 1490. The highest BCUT2D eigenvalue weighted by Gasteiger charge is 2.30. The molecule has 170 valence electrons. The van der Waals surface area contributed by atoms with Gasteiger partial charge < -0.3 is 9.30 Å². The number of rotatable bonds is 5. The Morgan fingerprint density at radius 1 is 1.15 bits per heavy atom. The average Bonchev–Trinajstić information content (AvgIpc) is 3.31. The van der Waals surface area contributed by atoms with Gasteiger partial charge in [0.2, 0.25) is 0 Å². The van der Waals surface area contributed by atoms with Crippen molar-refractivity contribution in [2.75, 3.05) is 6.26 Å². The third-order valence-corrected chi connectivity index (χ3v) is 6.71. The van der Waals surface area contributed by atoms with E-state index in [9.17, 15) is 17.2 Å². The minimum atomic E-state index is -3.57. The lowest BCUT2D eigenvalue weighted by molar-refractivity contribution is -0.0506. The van der Waals surface area contributed by atoms with Crippen LogP contribution in [-0.4, -0.2) is 35.8 Å². The van der Waals surface area contributed by atoms with Gasteiger partial charge in [-0.2, -0.15) is 8.78 Å². The van der Waals surface area contributed by atoms with Crippen LogP contribution < -0.4 is 4.74 Å². The number of imidazole rings is 1. The Morgan fingerprint density at radius 2 is 1.94 bits per heavy atom. The summed E-state index contributed by atoms with van der Waals surface area (Å²) in [5, 5.41) is -0.158. The lowest BCUT2D eigenvalue weighted by Crippen LogP contribution is -2.10. The average molecular weight is 473 g/mol. The minimum absolute atomic E-state index is 0.0847. The molecule has 0 N–H and O–H groups in total. The van der Waals surface area contributed by atoms with Gasteiger partial charge >= 0.3 is 6.61 Å². The van der Waals surface area contributed by atoms with E-state index in [-0.39, 0.29) is 22.4 Å². The Labute approximate surface area is 187 Å². The number of sulfone groups is 1. The Morgan fingerprint density at radius 3 is 2.70 bits per heavy atom. The molecule has 0 fully saturated rings. The van der Waals surface area contributed by atoms with Gasteiger partial charge in [-0.3, -0.25) is 0 Å². The van der Waals surface area contributed by atoms with Crippen molar-refractivity contribution in [2.45, 2.75) is 30.5 Å². The summed E-state index contributed by atoms with van der Waals surface area (Å²) in [7, 11) is -3.57. The maximum Gasteiger partial charge on any atom is 0.387 e. The Hall–Kier alpha value is -3.40. The van der Waals surface area contributed by atoms with E-state index in [0.29, 0.717) is 40.8 Å². The number of pyridine rings is 1. The van der Waals surface area contributed by atoms with Crippen molar-refractivity contribution in [3.05, 3.63) is 71.9 Å². The topological polar surface area (TPSA) is 74.1 Å². The summed E-state index contributed by atoms with van der Waals surface area (Å²) in [4.78, 5) is 8.40. The van der Waals surface area contributed by atoms with Crippen LogP contribution in [0.4, 0.5) is 13.2 Å². The second-order valence-corrected chi connectivity index (χ2v) is 9.81. The van der Waals surface area contributed by atoms with Crippen LogP contribution in [0.5, 0.6) is 5.75 Å². The molecule has 33 heavy (non-hydrogen) atoms. The summed E-state index contributed by atoms with van der Waals surface area (Å²) >= 11 is 0. The quantitative estimate of drug-likeness (QED) is 0.417. The number of aromatic nitrogens is 3. The number of alkyl halides is 2. The summed E-state index contributed by atoms with van der Waals surface area (Å²) in [5.74, 6) is 0.245. The highest BCUT2D eigenvalue weighted by Crippen LogP contribution is 2.41. The van der Waals surface area contributed by atoms with Crippen LogP contribution in [0, 0.1) is 5.82 Å². The van der Waals surface area contributed by atoms with Gasteiger partial charge in [-0.05, 0) is 36.2 Å². The normalized spacial score (nSPS) is 15.8. The first-order chi connectivity index (χ1) is 15.7. The zero-order valence-corrected chi connectivity index (χ0v) is 18.2. The molecule has 0 spiro atoms. The molecule has 0 unspecified atom stereocenters. The Balaban J connectivity index is 1.66. The smallest absolute Gasteiger partial charge is 0.387 e. The van der Waals surface area contributed by atoms with Crippen LogP contribution in [-0.2, 0) is 16.3 Å². The van der Waals surface area contributed by atoms with E-state index in [4.69, 9.17) is 4.74 Å². The van der Waals surface area contributed by atoms with Crippen molar-refractivity contribution in [3.63, 3.8) is 0 Å². The zero-order valence-electron chi connectivity index (χ0n) is 17.4. The molecule has 2 aromatic carbocycles. The summed E-state index contributed by atoms with van der Waals surface area (Å²) in [6, 6.07) is 12.0. The van der Waals surface area contributed by atoms with Crippen molar-refractivity contribution in [1.29, 1.82) is 0 Å². The maximum absolute atomic E-state index is 15.0. The monoisotopic (exact) mass is 473 g/mol. The lowest BCUT2D eigenvalue weighted by Gasteiger charge is -2.19. The second-order valence-electron chi connectivity index (χ2n) is 7.84. The largest absolute Gasteiger partial charge is 0.434 e. The van der Waals surface area contributed by atoms with Crippen LogP contribution in [0.25, 0.3) is 22.2 Å². The SMILES string of the molecule is CS(=O)(=O)c1cc(-c2cc3c(cc2F)nc2n3[C@@H](c3ccccc3OC(F)F)CC2)ccn1. The van der Waals surface area contributed by atoms with E-state index in [1.54, 1.807) is 24.3 Å². The first-order valence-corrected chi connectivity index (χ1v) is 12.0. The number of benzene rings is 2. The number of fused-ring (bicyclic) bond motifs is 3. The lowest BCUT2D eigenvalue weighted by atomic mass is 10.0. The standard InChI is InChI=1S/C23H18F3N3O3S/c1-33(30,31)22-10-13(8-9-27-22)15-11-19-17(12-16(15)24)28-21-7-6-18(29(19)21)14-4-2-3-5-20(14)32-23(25)26/h2-5,8-12,18,23H,6-7H2,1H3/t18-/m1/s1. The predicted molar refractivity (Wildman–Crippen MR) is 116 cm³/mol. The minimum Gasteiger partial charge on any atom is -0.434 e. The van der Waals surface area contributed by atoms with Gasteiger partial charge in [0.05, 0.1) is 17.1 Å². The van der Waals surface area contributed by atoms with Crippen molar-refractivity contribution >= 4 is 20.9 Å². The van der Waals surface area contributed by atoms with Gasteiger partial charge in [-0.15, -0.1) is 0 Å². The predicted octanol–water partition coefficient (Wildman–Crippen LogP) is 4.78. The van der Waals surface area contributed by atoms with E-state index in [2.05, 4.69) is 9.97 Å². The second kappa shape index (κ2) is 7.87. The Kier molecular flexibility index (Phi) is 5.12. The molecule has 5 rings (SSSR count). The fraction of sp³-hybridized carbons (Fsp3) is 0.217. The molecular weight excluding hydrogens is 455 g/mol. The first-order valence-electron chi connectivity index (χ1n) is 10.1. The van der Waals surface area contributed by atoms with Crippen LogP contribution in [0.1, 0.15) is 23.9 Å². The molecule has 2 aromatic heterocycles. The molecule has 0 amide bonds. The van der Waals surface area contributed by atoms with Gasteiger partial charge in [-0.1, -0.05) is 18.2 Å². The number of para-hydroxylation sites is 1. The van der Waals surface area contributed by atoms with Crippen molar-refractivity contribution in [2.24, 2.45) is 0 Å². The van der Waals surface area contributed by atoms with Crippen LogP contribution in [0.2, 0.25) is 0 Å². The van der Waals surface area contributed by atoms with E-state index in [1.807, 2.05) is 4.57 Å². The number of halogens is 3. The number of nitrogens with zero attached hydrogens (tertiary/aromatic N) is 3. The number of hydrogen-bond donors (Lipinski definition) is 0. The van der Waals surface area contributed by atoms with E-state index >= 15 is 4.39 Å². The van der Waals surface area contributed by atoms with Gasteiger partial charge in [0.25, 0.3) is 0 Å². The van der Waals surface area contributed by atoms with Crippen molar-refractivity contribution in [1.82, 2.24) is 14.5 Å². The molecule has 0 aliphatic carbocycles. The molecule has 4 aromatic rings.